The van der Waals surface area contributed by atoms with Gasteiger partial charge in [0.25, 0.3) is 5.91 Å². The van der Waals surface area contributed by atoms with E-state index in [-0.39, 0.29) is 31.3 Å². The number of carbonyl (C=O) groups excluding carboxylic acids is 1. The smallest absolute Gasteiger partial charge is 0.318 e. The number of nitrogens with zero attached hydrogens (tertiary/aromatic N) is 3. The van der Waals surface area contributed by atoms with E-state index >= 15 is 0 Å². The molecule has 1 aromatic heterocycles. The van der Waals surface area contributed by atoms with Crippen LogP contribution in [-0.2, 0) is 19.6 Å². The first-order valence-electron chi connectivity index (χ1n) is 7.18. The molecule has 24 heavy (non-hydrogen) atoms. The summed E-state index contributed by atoms with van der Waals surface area (Å²) in [7, 11) is -3.70. The van der Waals surface area contributed by atoms with Crippen molar-refractivity contribution in [3.05, 3.63) is 17.5 Å². The number of hydrogen-bond donors (Lipinski definition) is 1. The predicted molar refractivity (Wildman–Crippen MR) is 80.9 cm³/mol. The lowest BCUT2D eigenvalue weighted by Crippen LogP contribution is -2.51. The molecule has 1 aliphatic rings. The van der Waals surface area contributed by atoms with E-state index in [2.05, 4.69) is 5.16 Å². The molecule has 1 saturated heterocycles. The van der Waals surface area contributed by atoms with Gasteiger partial charge in [-0.2, -0.15) is 4.31 Å². The summed E-state index contributed by atoms with van der Waals surface area (Å²) in [5, 5.41) is 12.5. The Morgan fingerprint density at radius 1 is 1.50 bits per heavy atom. The van der Waals surface area contributed by atoms with Gasteiger partial charge < -0.3 is 19.3 Å². The first-order valence-corrected chi connectivity index (χ1v) is 9.02. The molecule has 0 aromatic carbocycles. The average molecular weight is 361 g/mol. The molecule has 1 aromatic rings. The second-order valence-corrected chi connectivity index (χ2v) is 7.50. The van der Waals surface area contributed by atoms with E-state index in [1.165, 1.54) is 11.0 Å². The van der Waals surface area contributed by atoms with Crippen LogP contribution in [0.2, 0.25) is 0 Å². The molecule has 2 heterocycles. The number of morpholine rings is 1. The van der Waals surface area contributed by atoms with Gasteiger partial charge in [-0.1, -0.05) is 5.16 Å². The summed E-state index contributed by atoms with van der Waals surface area (Å²) in [5.74, 6) is -1.10. The molecule has 0 aliphatic carbocycles. The molecule has 11 heteroatoms. The lowest BCUT2D eigenvalue weighted by Gasteiger charge is -2.34. The van der Waals surface area contributed by atoms with Crippen LogP contribution in [-0.4, -0.2) is 84.9 Å². The van der Waals surface area contributed by atoms with Gasteiger partial charge in [0.2, 0.25) is 10.0 Å². The summed E-state index contributed by atoms with van der Waals surface area (Å²) in [4.78, 5) is 24.6. The monoisotopic (exact) mass is 361 g/mol. The van der Waals surface area contributed by atoms with E-state index in [4.69, 9.17) is 14.4 Å². The van der Waals surface area contributed by atoms with Crippen molar-refractivity contribution in [3.8, 4) is 0 Å². The van der Waals surface area contributed by atoms with Gasteiger partial charge in [0.05, 0.1) is 19.0 Å². The fourth-order valence-corrected chi connectivity index (χ4v) is 3.12. The second kappa shape index (κ2) is 7.28. The number of sulfonamides is 1. The van der Waals surface area contributed by atoms with Crippen molar-refractivity contribution >= 4 is 21.9 Å². The van der Waals surface area contributed by atoms with Gasteiger partial charge in [0, 0.05) is 25.7 Å². The van der Waals surface area contributed by atoms with Crippen LogP contribution in [0, 0.1) is 6.92 Å². The third-order valence-electron chi connectivity index (χ3n) is 3.46. The first-order chi connectivity index (χ1) is 11.2. The van der Waals surface area contributed by atoms with Crippen molar-refractivity contribution < 1.29 is 32.4 Å². The number of hydrogen-bond acceptors (Lipinski definition) is 7. The lowest BCUT2D eigenvalue weighted by molar-refractivity contribution is -0.137. The Morgan fingerprint density at radius 3 is 2.75 bits per heavy atom. The largest absolute Gasteiger partial charge is 0.480 e. The number of aromatic nitrogens is 1. The van der Waals surface area contributed by atoms with Crippen LogP contribution in [0.25, 0.3) is 0 Å². The summed E-state index contributed by atoms with van der Waals surface area (Å²) < 4.78 is 34.5. The molecular weight excluding hydrogens is 342 g/mol. The van der Waals surface area contributed by atoms with E-state index in [0.717, 1.165) is 10.6 Å². The van der Waals surface area contributed by atoms with E-state index in [1.54, 1.807) is 6.92 Å². The Hall–Kier alpha value is -1.98. The maximum Gasteiger partial charge on any atom is 0.318 e. The quantitative estimate of drug-likeness (QED) is 0.695. The molecule has 0 bridgehead atoms. The van der Waals surface area contributed by atoms with E-state index in [1.807, 2.05) is 0 Å². The Balaban J connectivity index is 2.04. The fourth-order valence-electron chi connectivity index (χ4n) is 2.34. The molecule has 2 rings (SSSR count). The van der Waals surface area contributed by atoms with Crippen LogP contribution < -0.4 is 0 Å². The molecule has 1 unspecified atom stereocenters. The highest BCUT2D eigenvalue weighted by atomic mass is 32.2. The summed E-state index contributed by atoms with van der Waals surface area (Å²) in [6, 6.07) is 1.51. The van der Waals surface area contributed by atoms with Gasteiger partial charge in [-0.25, -0.2) is 8.42 Å². The molecule has 1 N–H and O–H groups in total. The zero-order valence-corrected chi connectivity index (χ0v) is 14.2. The Morgan fingerprint density at radius 2 is 2.21 bits per heavy atom. The third kappa shape index (κ3) is 4.76. The van der Waals surface area contributed by atoms with Crippen molar-refractivity contribution in [3.63, 3.8) is 0 Å². The van der Waals surface area contributed by atoms with Crippen molar-refractivity contribution in [2.75, 3.05) is 39.0 Å². The number of amides is 1. The summed E-state index contributed by atoms with van der Waals surface area (Å²) in [5.41, 5.74) is 0.165. The van der Waals surface area contributed by atoms with Gasteiger partial charge in [0.1, 0.15) is 12.3 Å². The molecule has 0 radical (unpaired) electrons. The highest BCUT2D eigenvalue weighted by molar-refractivity contribution is 7.88. The number of aliphatic carboxylic acids is 1. The van der Waals surface area contributed by atoms with Crippen molar-refractivity contribution in [2.24, 2.45) is 0 Å². The minimum Gasteiger partial charge on any atom is -0.480 e. The van der Waals surface area contributed by atoms with Crippen molar-refractivity contribution in [1.82, 2.24) is 14.4 Å². The number of ether oxygens (including phenoxy) is 1. The molecule has 0 saturated carbocycles. The summed E-state index contributed by atoms with van der Waals surface area (Å²) in [6.07, 6.45) is 0.310. The van der Waals surface area contributed by atoms with Crippen molar-refractivity contribution in [1.29, 1.82) is 0 Å². The number of carboxylic acid groups (broad SMARTS) is 1. The maximum atomic E-state index is 12.3. The zero-order chi connectivity index (χ0) is 17.9. The Labute approximate surface area is 139 Å². The normalized spacial score (nSPS) is 18.8. The Bertz CT molecular complexity index is 715. The number of carboxylic acids is 1. The van der Waals surface area contributed by atoms with E-state index in [0.29, 0.717) is 12.3 Å². The number of rotatable bonds is 6. The van der Waals surface area contributed by atoms with Crippen LogP contribution in [0.15, 0.2) is 10.6 Å². The average Bonchev–Trinajstić information content (AvgIpc) is 2.91. The molecule has 0 spiro atoms. The zero-order valence-electron chi connectivity index (χ0n) is 13.3. The van der Waals surface area contributed by atoms with Gasteiger partial charge in [-0.05, 0) is 6.92 Å². The van der Waals surface area contributed by atoms with Gasteiger partial charge in [-0.15, -0.1) is 0 Å². The summed E-state index contributed by atoms with van der Waals surface area (Å²) in [6.45, 7) is 1.55. The molecule has 1 amide bonds. The first kappa shape index (κ1) is 18.4. The minimum atomic E-state index is -3.70. The molecule has 10 nitrogen and oxygen atoms in total. The SMILES string of the molecule is Cc1cc(C(=O)N2CCOC(CN(CC(=O)O)S(C)(=O)=O)C2)no1. The number of carbonyl (C=O) groups is 2. The van der Waals surface area contributed by atoms with Crippen LogP contribution in [0.1, 0.15) is 16.2 Å². The third-order valence-corrected chi connectivity index (χ3v) is 4.68. The molecular formula is C13H19N3O7S. The van der Waals surface area contributed by atoms with E-state index < -0.39 is 28.6 Å². The molecule has 1 aliphatic heterocycles. The lowest BCUT2D eigenvalue weighted by atomic mass is 10.2. The highest BCUT2D eigenvalue weighted by Crippen LogP contribution is 2.13. The Kier molecular flexibility index (Phi) is 5.57. The predicted octanol–water partition coefficient (Wildman–Crippen LogP) is -0.830. The second-order valence-electron chi connectivity index (χ2n) is 5.52. The highest BCUT2D eigenvalue weighted by Gasteiger charge is 2.30. The molecule has 134 valence electrons. The topological polar surface area (TPSA) is 130 Å². The van der Waals surface area contributed by atoms with Gasteiger partial charge >= 0.3 is 5.97 Å². The molecule has 1 fully saturated rings. The molecule has 1 atom stereocenters. The number of aryl methyl sites for hydroxylation is 1. The van der Waals surface area contributed by atoms with Crippen LogP contribution in [0.3, 0.4) is 0 Å². The van der Waals surface area contributed by atoms with E-state index in [9.17, 15) is 18.0 Å². The van der Waals surface area contributed by atoms with Crippen LogP contribution >= 0.6 is 0 Å². The van der Waals surface area contributed by atoms with Crippen molar-refractivity contribution in [2.45, 2.75) is 13.0 Å². The van der Waals surface area contributed by atoms with Gasteiger partial charge in [0.15, 0.2) is 5.69 Å². The fraction of sp³-hybridized carbons (Fsp3) is 0.615. The summed E-state index contributed by atoms with van der Waals surface area (Å²) >= 11 is 0. The van der Waals surface area contributed by atoms with Crippen LogP contribution in [0.5, 0.6) is 0 Å². The van der Waals surface area contributed by atoms with Crippen LogP contribution in [0.4, 0.5) is 0 Å². The standard InChI is InChI=1S/C13H19N3O7S/c1-9-5-11(14-23-9)13(19)15-3-4-22-10(6-15)7-16(8-12(17)18)24(2,20)21/h5,10H,3-4,6-8H2,1-2H3,(H,17,18). The minimum absolute atomic E-state index is 0.135. The maximum absolute atomic E-state index is 12.3. The van der Waals surface area contributed by atoms with Gasteiger partial charge in [-0.3, -0.25) is 9.59 Å².